The predicted molar refractivity (Wildman–Crippen MR) is 98.7 cm³/mol. The van der Waals surface area contributed by atoms with Gasteiger partial charge in [0.1, 0.15) is 0 Å². The van der Waals surface area contributed by atoms with Gasteiger partial charge in [-0.05, 0) is 32.0 Å². The van der Waals surface area contributed by atoms with Crippen molar-refractivity contribution in [3.05, 3.63) is 52.1 Å². The highest BCUT2D eigenvalue weighted by molar-refractivity contribution is 7.16. The van der Waals surface area contributed by atoms with E-state index in [1.165, 1.54) is 11.3 Å². The molecule has 1 amide bonds. The molecule has 0 N–H and O–H groups in total. The van der Waals surface area contributed by atoms with Crippen LogP contribution in [-0.2, 0) is 14.1 Å². The maximum Gasteiger partial charge on any atom is 0.280 e. The molecule has 0 saturated heterocycles. The summed E-state index contributed by atoms with van der Waals surface area (Å²) in [5, 5.41) is 5.16. The van der Waals surface area contributed by atoms with E-state index in [1.54, 1.807) is 10.7 Å². The fourth-order valence-electron chi connectivity index (χ4n) is 3.07. The molecule has 3 aromatic heterocycles. The van der Waals surface area contributed by atoms with Crippen molar-refractivity contribution in [2.75, 3.05) is 0 Å². The summed E-state index contributed by atoms with van der Waals surface area (Å²) in [6, 6.07) is 9.81. The number of nitrogens with zero attached hydrogens (tertiary/aromatic N) is 5. The second kappa shape index (κ2) is 5.63. The van der Waals surface area contributed by atoms with Crippen LogP contribution in [0.3, 0.4) is 0 Å². The van der Waals surface area contributed by atoms with Crippen LogP contribution < -0.4 is 4.80 Å². The molecule has 126 valence electrons. The van der Waals surface area contributed by atoms with Gasteiger partial charge in [-0.1, -0.05) is 23.5 Å². The Morgan fingerprint density at radius 3 is 2.72 bits per heavy atom. The zero-order valence-corrected chi connectivity index (χ0v) is 15.3. The molecule has 0 radical (unpaired) electrons. The molecule has 3 heterocycles. The molecule has 0 unspecified atom stereocenters. The average Bonchev–Trinajstić information content (AvgIpc) is 3.04. The summed E-state index contributed by atoms with van der Waals surface area (Å²) in [7, 11) is 3.76. The number of amides is 1. The zero-order chi connectivity index (χ0) is 17.7. The molecular weight excluding hydrogens is 334 g/mol. The second-order valence-corrected chi connectivity index (χ2v) is 7.06. The van der Waals surface area contributed by atoms with Gasteiger partial charge in [0.05, 0.1) is 26.9 Å². The number of rotatable bonds is 1. The highest BCUT2D eigenvalue weighted by Crippen LogP contribution is 2.22. The summed E-state index contributed by atoms with van der Waals surface area (Å²) in [6.45, 7) is 3.76. The standard InChI is InChI=1S/C18H17N5OS/c1-10-9-12(15-11(2)21-23(4)16(15)19-10)17(24)20-18-22(3)13-7-5-6-8-14(13)25-18/h5-9H,1-4H3. The van der Waals surface area contributed by atoms with E-state index in [0.717, 1.165) is 27.0 Å². The first-order chi connectivity index (χ1) is 12.0. The summed E-state index contributed by atoms with van der Waals surface area (Å²) in [5.74, 6) is -0.270. The maximum absolute atomic E-state index is 12.9. The quantitative estimate of drug-likeness (QED) is 0.530. The van der Waals surface area contributed by atoms with Gasteiger partial charge in [0.15, 0.2) is 10.4 Å². The lowest BCUT2D eigenvalue weighted by Crippen LogP contribution is -2.13. The van der Waals surface area contributed by atoms with E-state index < -0.39 is 0 Å². The van der Waals surface area contributed by atoms with Gasteiger partial charge in [-0.2, -0.15) is 10.1 Å². The molecule has 6 nitrogen and oxygen atoms in total. The number of thiazole rings is 1. The summed E-state index contributed by atoms with van der Waals surface area (Å²) in [6.07, 6.45) is 0. The molecule has 7 heteroatoms. The van der Waals surface area contributed by atoms with Crippen molar-refractivity contribution in [2.24, 2.45) is 19.1 Å². The molecule has 1 aromatic carbocycles. The van der Waals surface area contributed by atoms with Gasteiger partial charge in [0.2, 0.25) is 0 Å². The highest BCUT2D eigenvalue weighted by Gasteiger charge is 2.17. The molecule has 4 rings (SSSR count). The Morgan fingerprint density at radius 1 is 1.20 bits per heavy atom. The number of carbonyl (C=O) groups is 1. The van der Waals surface area contributed by atoms with Crippen LogP contribution >= 0.6 is 11.3 Å². The normalized spacial score (nSPS) is 12.4. The van der Waals surface area contributed by atoms with E-state index in [1.807, 2.05) is 56.8 Å². The fourth-order valence-corrected chi connectivity index (χ4v) is 4.09. The fraction of sp³-hybridized carbons (Fsp3) is 0.222. The third kappa shape index (κ3) is 2.47. The number of fused-ring (bicyclic) bond motifs is 2. The number of aromatic nitrogens is 4. The SMILES string of the molecule is Cc1cc(C(=O)N=c2sc3ccccc3n2C)c2c(C)nn(C)c2n1. The van der Waals surface area contributed by atoms with Gasteiger partial charge in [-0.25, -0.2) is 4.98 Å². The molecule has 4 aromatic rings. The number of para-hydroxylation sites is 1. The average molecular weight is 351 g/mol. The Hall–Kier alpha value is -2.80. The summed E-state index contributed by atoms with van der Waals surface area (Å²) >= 11 is 1.50. The topological polar surface area (TPSA) is 65.1 Å². The summed E-state index contributed by atoms with van der Waals surface area (Å²) in [4.78, 5) is 22.5. The molecule has 0 aliphatic carbocycles. The molecule has 0 spiro atoms. The van der Waals surface area contributed by atoms with E-state index in [-0.39, 0.29) is 5.91 Å². The van der Waals surface area contributed by atoms with Crippen LogP contribution in [0, 0.1) is 13.8 Å². The number of aryl methyl sites for hydroxylation is 4. The van der Waals surface area contributed by atoms with Crippen LogP contribution in [0.15, 0.2) is 35.3 Å². The molecule has 0 fully saturated rings. The molecule has 0 aliphatic heterocycles. The Kier molecular flexibility index (Phi) is 3.54. The predicted octanol–water partition coefficient (Wildman–Crippen LogP) is 2.88. The second-order valence-electron chi connectivity index (χ2n) is 6.05. The Labute approximate surface area is 148 Å². The number of pyridine rings is 1. The van der Waals surface area contributed by atoms with Crippen LogP contribution in [0.25, 0.3) is 21.3 Å². The zero-order valence-electron chi connectivity index (χ0n) is 14.4. The first-order valence-corrected chi connectivity index (χ1v) is 8.72. The first-order valence-electron chi connectivity index (χ1n) is 7.90. The van der Waals surface area contributed by atoms with E-state index >= 15 is 0 Å². The number of hydrogen-bond acceptors (Lipinski definition) is 4. The van der Waals surface area contributed by atoms with Crippen LogP contribution in [-0.4, -0.2) is 25.2 Å². The largest absolute Gasteiger partial charge is 0.319 e. The van der Waals surface area contributed by atoms with Crippen molar-refractivity contribution < 1.29 is 4.79 Å². The van der Waals surface area contributed by atoms with Gasteiger partial charge in [0.25, 0.3) is 5.91 Å². The van der Waals surface area contributed by atoms with Crippen molar-refractivity contribution in [3.8, 4) is 0 Å². The van der Waals surface area contributed by atoms with Crippen molar-refractivity contribution >= 4 is 38.5 Å². The van der Waals surface area contributed by atoms with Gasteiger partial charge in [-0.15, -0.1) is 0 Å². The van der Waals surface area contributed by atoms with Crippen LogP contribution in [0.2, 0.25) is 0 Å². The first kappa shape index (κ1) is 15.7. The van der Waals surface area contributed by atoms with Crippen LogP contribution in [0.1, 0.15) is 21.7 Å². The molecule has 0 bridgehead atoms. The van der Waals surface area contributed by atoms with Crippen molar-refractivity contribution in [1.82, 2.24) is 19.3 Å². The van der Waals surface area contributed by atoms with E-state index in [2.05, 4.69) is 15.1 Å². The lowest BCUT2D eigenvalue weighted by Gasteiger charge is -2.02. The third-order valence-corrected chi connectivity index (χ3v) is 5.35. The lowest BCUT2D eigenvalue weighted by molar-refractivity contribution is 0.0999. The minimum Gasteiger partial charge on any atom is -0.319 e. The number of hydrogen-bond donors (Lipinski definition) is 0. The van der Waals surface area contributed by atoms with Gasteiger partial charge >= 0.3 is 0 Å². The molecule has 25 heavy (non-hydrogen) atoms. The van der Waals surface area contributed by atoms with Crippen LogP contribution in [0.5, 0.6) is 0 Å². The third-order valence-electron chi connectivity index (χ3n) is 4.24. The Balaban J connectivity index is 1.94. The minimum atomic E-state index is -0.270. The molecular formula is C18H17N5OS. The Bertz CT molecular complexity index is 1210. The van der Waals surface area contributed by atoms with Crippen LogP contribution in [0.4, 0.5) is 0 Å². The highest BCUT2D eigenvalue weighted by atomic mass is 32.1. The number of carbonyl (C=O) groups excluding carboxylic acids is 1. The number of benzene rings is 1. The molecule has 0 aliphatic rings. The van der Waals surface area contributed by atoms with Gasteiger partial charge in [-0.3, -0.25) is 9.48 Å². The van der Waals surface area contributed by atoms with Gasteiger partial charge in [0, 0.05) is 19.8 Å². The van der Waals surface area contributed by atoms with Crippen molar-refractivity contribution in [3.63, 3.8) is 0 Å². The van der Waals surface area contributed by atoms with Crippen molar-refractivity contribution in [2.45, 2.75) is 13.8 Å². The van der Waals surface area contributed by atoms with E-state index in [4.69, 9.17) is 0 Å². The van der Waals surface area contributed by atoms with E-state index in [9.17, 15) is 4.79 Å². The summed E-state index contributed by atoms with van der Waals surface area (Å²) < 4.78 is 4.75. The summed E-state index contributed by atoms with van der Waals surface area (Å²) in [5.41, 5.74) is 3.87. The Morgan fingerprint density at radius 2 is 1.96 bits per heavy atom. The van der Waals surface area contributed by atoms with E-state index in [0.29, 0.717) is 16.0 Å². The van der Waals surface area contributed by atoms with Crippen molar-refractivity contribution in [1.29, 1.82) is 0 Å². The molecule has 0 atom stereocenters. The monoisotopic (exact) mass is 351 g/mol. The smallest absolute Gasteiger partial charge is 0.280 e. The van der Waals surface area contributed by atoms with Gasteiger partial charge < -0.3 is 4.57 Å². The lowest BCUT2D eigenvalue weighted by atomic mass is 10.1. The molecule has 0 saturated carbocycles. The maximum atomic E-state index is 12.9. The minimum absolute atomic E-state index is 0.270.